The highest BCUT2D eigenvalue weighted by Crippen LogP contribution is 2.20. The van der Waals surface area contributed by atoms with Gasteiger partial charge in [0.05, 0.1) is 6.61 Å². The second-order valence-corrected chi connectivity index (χ2v) is 4.91. The lowest BCUT2D eigenvalue weighted by Gasteiger charge is -2.35. The average Bonchev–Trinajstić information content (AvgIpc) is 2.48. The van der Waals surface area contributed by atoms with Gasteiger partial charge in [0.1, 0.15) is 5.75 Å². The molecule has 1 aromatic carbocycles. The minimum Gasteiger partial charge on any atom is -0.494 e. The number of hydrogen-bond donors (Lipinski definition) is 1. The first-order valence-corrected chi connectivity index (χ1v) is 7.05. The van der Waals surface area contributed by atoms with Crippen molar-refractivity contribution in [3.8, 4) is 5.75 Å². The summed E-state index contributed by atoms with van der Waals surface area (Å²) in [4.78, 5) is 15.4. The fraction of sp³-hybridized carbons (Fsp3) is 0.533. The maximum absolute atomic E-state index is 11.3. The lowest BCUT2D eigenvalue weighted by molar-refractivity contribution is -0.129. The SMILES string of the molecule is CC(=O)N1CCN(c2ccc(OCCCO)cc2)CC1. The molecule has 1 aliphatic heterocycles. The van der Waals surface area contributed by atoms with E-state index in [0.717, 1.165) is 37.6 Å². The maximum atomic E-state index is 11.3. The normalized spacial score (nSPS) is 15.3. The molecule has 0 radical (unpaired) electrons. The third-order valence-electron chi connectivity index (χ3n) is 3.50. The summed E-state index contributed by atoms with van der Waals surface area (Å²) in [5.41, 5.74) is 1.16. The molecule has 0 saturated carbocycles. The Morgan fingerprint density at radius 2 is 1.85 bits per heavy atom. The van der Waals surface area contributed by atoms with Crippen molar-refractivity contribution in [3.05, 3.63) is 24.3 Å². The molecule has 1 fully saturated rings. The highest BCUT2D eigenvalue weighted by molar-refractivity contribution is 5.73. The van der Waals surface area contributed by atoms with Crippen molar-refractivity contribution in [2.24, 2.45) is 0 Å². The molecule has 110 valence electrons. The van der Waals surface area contributed by atoms with Gasteiger partial charge in [-0.1, -0.05) is 0 Å². The fourth-order valence-electron chi connectivity index (χ4n) is 2.29. The smallest absolute Gasteiger partial charge is 0.219 e. The van der Waals surface area contributed by atoms with Gasteiger partial charge in [0, 0.05) is 51.8 Å². The van der Waals surface area contributed by atoms with Gasteiger partial charge in [-0.05, 0) is 24.3 Å². The van der Waals surface area contributed by atoms with Gasteiger partial charge in [0.15, 0.2) is 0 Å². The molecule has 0 unspecified atom stereocenters. The largest absolute Gasteiger partial charge is 0.494 e. The van der Waals surface area contributed by atoms with Gasteiger partial charge in [0.2, 0.25) is 5.91 Å². The van der Waals surface area contributed by atoms with Crippen LogP contribution in [0.2, 0.25) is 0 Å². The zero-order chi connectivity index (χ0) is 14.4. The van der Waals surface area contributed by atoms with Crippen molar-refractivity contribution in [1.29, 1.82) is 0 Å². The highest BCUT2D eigenvalue weighted by Gasteiger charge is 2.18. The minimum atomic E-state index is 0.150. The van der Waals surface area contributed by atoms with Crippen molar-refractivity contribution < 1.29 is 14.6 Å². The van der Waals surface area contributed by atoms with E-state index in [1.165, 1.54) is 0 Å². The summed E-state index contributed by atoms with van der Waals surface area (Å²) in [6, 6.07) is 7.98. The van der Waals surface area contributed by atoms with Crippen molar-refractivity contribution >= 4 is 11.6 Å². The van der Waals surface area contributed by atoms with E-state index in [0.29, 0.717) is 13.0 Å². The summed E-state index contributed by atoms with van der Waals surface area (Å²) in [6.07, 6.45) is 0.648. The zero-order valence-corrected chi connectivity index (χ0v) is 11.9. The van der Waals surface area contributed by atoms with E-state index in [-0.39, 0.29) is 12.5 Å². The molecule has 1 aliphatic rings. The molecule has 0 bridgehead atoms. The van der Waals surface area contributed by atoms with Crippen LogP contribution in [0.25, 0.3) is 0 Å². The number of anilines is 1. The number of ether oxygens (including phenoxy) is 1. The number of nitrogens with zero attached hydrogens (tertiary/aromatic N) is 2. The lowest BCUT2D eigenvalue weighted by atomic mass is 10.2. The Kier molecular flexibility index (Phi) is 5.24. The number of rotatable bonds is 5. The predicted molar refractivity (Wildman–Crippen MR) is 78.1 cm³/mol. The summed E-state index contributed by atoms with van der Waals surface area (Å²) >= 11 is 0. The molecule has 20 heavy (non-hydrogen) atoms. The van der Waals surface area contributed by atoms with E-state index >= 15 is 0 Å². The Morgan fingerprint density at radius 3 is 2.40 bits per heavy atom. The Morgan fingerprint density at radius 1 is 1.20 bits per heavy atom. The molecule has 1 N–H and O–H groups in total. The monoisotopic (exact) mass is 278 g/mol. The molecule has 0 aliphatic carbocycles. The summed E-state index contributed by atoms with van der Waals surface area (Å²) in [6.45, 7) is 5.60. The van der Waals surface area contributed by atoms with Gasteiger partial charge in [-0.2, -0.15) is 0 Å². The Bertz CT molecular complexity index is 425. The van der Waals surface area contributed by atoms with Crippen molar-refractivity contribution in [3.63, 3.8) is 0 Å². The first-order chi connectivity index (χ1) is 9.70. The Hall–Kier alpha value is -1.75. The molecular formula is C15H22N2O3. The number of amides is 1. The Labute approximate surface area is 119 Å². The van der Waals surface area contributed by atoms with E-state index in [9.17, 15) is 4.79 Å². The summed E-state index contributed by atoms with van der Waals surface area (Å²) in [5.74, 6) is 0.974. The molecule has 1 aromatic rings. The van der Waals surface area contributed by atoms with Crippen molar-refractivity contribution in [2.75, 3.05) is 44.3 Å². The van der Waals surface area contributed by atoms with Gasteiger partial charge in [-0.15, -0.1) is 0 Å². The molecule has 0 aromatic heterocycles. The van der Waals surface area contributed by atoms with Crippen LogP contribution >= 0.6 is 0 Å². The van der Waals surface area contributed by atoms with Crippen molar-refractivity contribution in [2.45, 2.75) is 13.3 Å². The molecule has 5 heteroatoms. The van der Waals surface area contributed by atoms with Gasteiger partial charge in [0.25, 0.3) is 0 Å². The maximum Gasteiger partial charge on any atom is 0.219 e. The molecule has 0 atom stereocenters. The van der Waals surface area contributed by atoms with Gasteiger partial charge < -0.3 is 19.6 Å². The van der Waals surface area contributed by atoms with E-state index in [2.05, 4.69) is 4.90 Å². The van der Waals surface area contributed by atoms with Gasteiger partial charge >= 0.3 is 0 Å². The first kappa shape index (κ1) is 14.7. The van der Waals surface area contributed by atoms with Crippen LogP contribution in [0.15, 0.2) is 24.3 Å². The van der Waals surface area contributed by atoms with Crippen molar-refractivity contribution in [1.82, 2.24) is 4.90 Å². The third kappa shape index (κ3) is 3.87. The number of carbonyl (C=O) groups excluding carboxylic acids is 1. The van der Waals surface area contributed by atoms with Gasteiger partial charge in [-0.25, -0.2) is 0 Å². The van der Waals surface area contributed by atoms with E-state index in [1.54, 1.807) is 6.92 Å². The van der Waals surface area contributed by atoms with E-state index in [4.69, 9.17) is 9.84 Å². The van der Waals surface area contributed by atoms with Crippen LogP contribution in [0, 0.1) is 0 Å². The third-order valence-corrected chi connectivity index (χ3v) is 3.50. The topological polar surface area (TPSA) is 53.0 Å². The number of aliphatic hydroxyl groups is 1. The summed E-state index contributed by atoms with van der Waals surface area (Å²) in [7, 11) is 0. The molecule has 0 spiro atoms. The average molecular weight is 278 g/mol. The van der Waals surface area contributed by atoms with E-state index in [1.807, 2.05) is 29.2 Å². The molecule has 5 nitrogen and oxygen atoms in total. The quantitative estimate of drug-likeness (QED) is 0.820. The number of hydrogen-bond acceptors (Lipinski definition) is 4. The van der Waals surface area contributed by atoms with Crippen LogP contribution in [-0.4, -0.2) is 55.3 Å². The molecule has 2 rings (SSSR count). The molecule has 1 amide bonds. The van der Waals surface area contributed by atoms with Crippen LogP contribution in [0.5, 0.6) is 5.75 Å². The zero-order valence-electron chi connectivity index (χ0n) is 11.9. The number of piperazine rings is 1. The first-order valence-electron chi connectivity index (χ1n) is 7.05. The second kappa shape index (κ2) is 7.14. The van der Waals surface area contributed by atoms with E-state index < -0.39 is 0 Å². The molecule has 1 heterocycles. The van der Waals surface area contributed by atoms with Crippen LogP contribution in [0.4, 0.5) is 5.69 Å². The highest BCUT2D eigenvalue weighted by atomic mass is 16.5. The van der Waals surface area contributed by atoms with Crippen LogP contribution in [0.1, 0.15) is 13.3 Å². The molecular weight excluding hydrogens is 256 g/mol. The lowest BCUT2D eigenvalue weighted by Crippen LogP contribution is -2.48. The number of carbonyl (C=O) groups is 1. The summed E-state index contributed by atoms with van der Waals surface area (Å²) < 4.78 is 5.51. The number of benzene rings is 1. The minimum absolute atomic E-state index is 0.150. The number of aliphatic hydroxyl groups excluding tert-OH is 1. The van der Waals surface area contributed by atoms with Crippen LogP contribution in [-0.2, 0) is 4.79 Å². The second-order valence-electron chi connectivity index (χ2n) is 4.91. The standard InChI is InChI=1S/C15H22N2O3/c1-13(19)16-7-9-17(10-8-16)14-3-5-15(6-4-14)20-12-2-11-18/h3-6,18H,2,7-12H2,1H3. The molecule has 1 saturated heterocycles. The fourth-order valence-corrected chi connectivity index (χ4v) is 2.29. The Balaban J connectivity index is 1.86. The van der Waals surface area contributed by atoms with Crippen LogP contribution in [0.3, 0.4) is 0 Å². The van der Waals surface area contributed by atoms with Gasteiger partial charge in [-0.3, -0.25) is 4.79 Å². The predicted octanol–water partition coefficient (Wildman–Crippen LogP) is 1.12. The van der Waals surface area contributed by atoms with Crippen LogP contribution < -0.4 is 9.64 Å². The summed E-state index contributed by atoms with van der Waals surface area (Å²) in [5, 5.41) is 8.70.